The van der Waals surface area contributed by atoms with E-state index >= 15 is 0 Å². The van der Waals surface area contributed by atoms with E-state index in [4.69, 9.17) is 28.3 Å². The molecule has 0 aliphatic rings. The van der Waals surface area contributed by atoms with Crippen LogP contribution in [-0.2, 0) is 11.8 Å². The number of nitrogens with one attached hydrogen (secondary N) is 2. The minimum atomic E-state index is -1.12. The molecule has 0 spiro atoms. The molecule has 172 valence electrons. The molecule has 0 aliphatic heterocycles. The van der Waals surface area contributed by atoms with Crippen molar-refractivity contribution in [1.82, 2.24) is 20.1 Å². The zero-order valence-electron chi connectivity index (χ0n) is 17.5. The molecule has 1 unspecified atom stereocenters. The van der Waals surface area contributed by atoms with Crippen molar-refractivity contribution >= 4 is 58.4 Å². The van der Waals surface area contributed by atoms with Crippen LogP contribution < -0.4 is 10.6 Å². The second-order valence-corrected chi connectivity index (χ2v) is 8.72. The minimum Gasteiger partial charge on any atom is -0.478 e. The Balaban J connectivity index is 1.60. The lowest BCUT2D eigenvalue weighted by atomic mass is 10.2. The van der Waals surface area contributed by atoms with Crippen molar-refractivity contribution in [3.05, 3.63) is 69.5 Å². The maximum atomic E-state index is 12.4. The number of anilines is 1. The molecular formula is C21H19Cl2N5O4S. The van der Waals surface area contributed by atoms with Gasteiger partial charge >= 0.3 is 5.97 Å². The Morgan fingerprint density at radius 3 is 2.42 bits per heavy atom. The second-order valence-electron chi connectivity index (χ2n) is 6.94. The Morgan fingerprint density at radius 1 is 1.09 bits per heavy atom. The molecule has 2 amide bonds. The predicted molar refractivity (Wildman–Crippen MR) is 126 cm³/mol. The zero-order valence-corrected chi connectivity index (χ0v) is 19.8. The van der Waals surface area contributed by atoms with Gasteiger partial charge in [0.2, 0.25) is 5.91 Å². The fourth-order valence-corrected chi connectivity index (χ4v) is 3.85. The average Bonchev–Trinajstić information content (AvgIpc) is 3.14. The van der Waals surface area contributed by atoms with Crippen LogP contribution in [0.5, 0.6) is 0 Å². The third-order valence-electron chi connectivity index (χ3n) is 4.53. The molecule has 0 fully saturated rings. The van der Waals surface area contributed by atoms with Gasteiger partial charge in [0.25, 0.3) is 5.91 Å². The van der Waals surface area contributed by atoms with E-state index in [-0.39, 0.29) is 27.9 Å². The lowest BCUT2D eigenvalue weighted by molar-refractivity contribution is -0.113. The first kappa shape index (κ1) is 24.6. The van der Waals surface area contributed by atoms with E-state index in [0.29, 0.717) is 21.6 Å². The van der Waals surface area contributed by atoms with Gasteiger partial charge < -0.3 is 20.3 Å². The van der Waals surface area contributed by atoms with E-state index in [1.54, 1.807) is 42.8 Å². The van der Waals surface area contributed by atoms with Gasteiger partial charge in [-0.1, -0.05) is 35.0 Å². The number of aromatic nitrogens is 3. The summed E-state index contributed by atoms with van der Waals surface area (Å²) in [5, 5.41) is 24.0. The molecule has 9 nitrogen and oxygen atoms in total. The fourth-order valence-electron chi connectivity index (χ4n) is 2.85. The summed E-state index contributed by atoms with van der Waals surface area (Å²) in [6.07, 6.45) is 0. The van der Waals surface area contributed by atoms with E-state index in [2.05, 4.69) is 20.8 Å². The molecule has 2 aromatic carbocycles. The van der Waals surface area contributed by atoms with E-state index < -0.39 is 17.9 Å². The highest BCUT2D eigenvalue weighted by atomic mass is 35.5. The standard InChI is InChI=1S/C21H19Cl2N5O4S/c1-11(24-19(30)12-3-6-14(22)7-4-12)18-26-27-21(28(18)2)33-10-17(29)25-16-9-13(20(31)32)5-8-15(16)23/h3-9,11H,10H2,1-2H3,(H,24,30)(H,25,29)(H,31,32). The van der Waals surface area contributed by atoms with Crippen molar-refractivity contribution in [2.45, 2.75) is 18.1 Å². The van der Waals surface area contributed by atoms with Crippen LogP contribution >= 0.6 is 35.0 Å². The number of carboxylic acid groups (broad SMARTS) is 1. The first-order chi connectivity index (χ1) is 15.7. The Morgan fingerprint density at radius 2 is 1.76 bits per heavy atom. The molecule has 33 heavy (non-hydrogen) atoms. The predicted octanol–water partition coefficient (Wildman–Crippen LogP) is 4.04. The smallest absolute Gasteiger partial charge is 0.335 e. The molecule has 12 heteroatoms. The zero-order chi connectivity index (χ0) is 24.1. The number of aromatic carboxylic acids is 1. The third kappa shape index (κ3) is 6.25. The van der Waals surface area contributed by atoms with Crippen LogP contribution in [0.2, 0.25) is 10.0 Å². The number of nitrogens with zero attached hydrogens (tertiary/aromatic N) is 3. The van der Waals surface area contributed by atoms with Gasteiger partial charge in [0.05, 0.1) is 28.1 Å². The number of amides is 2. The number of hydrogen-bond acceptors (Lipinski definition) is 6. The van der Waals surface area contributed by atoms with Gasteiger partial charge in [-0.2, -0.15) is 0 Å². The molecule has 0 radical (unpaired) electrons. The molecule has 1 heterocycles. The Hall–Kier alpha value is -3.08. The SMILES string of the molecule is CC(NC(=O)c1ccc(Cl)cc1)c1nnc(SCC(=O)Nc2cc(C(=O)O)ccc2Cl)n1C. The fraction of sp³-hybridized carbons (Fsp3) is 0.190. The van der Waals surface area contributed by atoms with Crippen molar-refractivity contribution in [3.63, 3.8) is 0 Å². The highest BCUT2D eigenvalue weighted by Gasteiger charge is 2.19. The number of halogens is 2. The van der Waals surface area contributed by atoms with E-state index in [1.807, 2.05) is 0 Å². The normalized spacial score (nSPS) is 11.6. The van der Waals surface area contributed by atoms with Crippen LogP contribution in [0.3, 0.4) is 0 Å². The average molecular weight is 508 g/mol. The lowest BCUT2D eigenvalue weighted by Crippen LogP contribution is -2.28. The summed E-state index contributed by atoms with van der Waals surface area (Å²) in [5.74, 6) is -1.29. The number of carboxylic acids is 1. The van der Waals surface area contributed by atoms with Crippen molar-refractivity contribution in [2.75, 3.05) is 11.1 Å². The number of hydrogen-bond donors (Lipinski definition) is 3. The number of carbonyl (C=O) groups is 3. The molecular weight excluding hydrogens is 489 g/mol. The second kappa shape index (κ2) is 10.7. The number of thioether (sulfide) groups is 1. The summed E-state index contributed by atoms with van der Waals surface area (Å²) >= 11 is 13.0. The monoisotopic (exact) mass is 507 g/mol. The highest BCUT2D eigenvalue weighted by Crippen LogP contribution is 2.24. The Labute approximate surface area is 203 Å². The topological polar surface area (TPSA) is 126 Å². The van der Waals surface area contributed by atoms with Gasteiger partial charge in [-0.25, -0.2) is 4.79 Å². The van der Waals surface area contributed by atoms with Gasteiger partial charge in [-0.15, -0.1) is 10.2 Å². The Bertz CT molecular complexity index is 1200. The van der Waals surface area contributed by atoms with Crippen molar-refractivity contribution in [1.29, 1.82) is 0 Å². The van der Waals surface area contributed by atoms with Crippen molar-refractivity contribution in [3.8, 4) is 0 Å². The third-order valence-corrected chi connectivity index (χ3v) is 6.13. The highest BCUT2D eigenvalue weighted by molar-refractivity contribution is 7.99. The van der Waals surface area contributed by atoms with Gasteiger partial charge in [0.15, 0.2) is 11.0 Å². The summed E-state index contributed by atoms with van der Waals surface area (Å²) in [7, 11) is 1.73. The number of carbonyl (C=O) groups excluding carboxylic acids is 2. The van der Waals surface area contributed by atoms with Gasteiger partial charge in [0.1, 0.15) is 0 Å². The van der Waals surface area contributed by atoms with Crippen LogP contribution in [0, 0.1) is 0 Å². The molecule has 0 saturated carbocycles. The van der Waals surface area contributed by atoms with E-state index in [9.17, 15) is 14.4 Å². The number of rotatable bonds is 8. The first-order valence-corrected chi connectivity index (χ1v) is 11.3. The van der Waals surface area contributed by atoms with E-state index in [1.165, 1.54) is 18.2 Å². The molecule has 0 bridgehead atoms. The molecule has 3 rings (SSSR count). The summed E-state index contributed by atoms with van der Waals surface area (Å²) in [5.41, 5.74) is 0.680. The summed E-state index contributed by atoms with van der Waals surface area (Å²) < 4.78 is 1.68. The minimum absolute atomic E-state index is 0.00881. The summed E-state index contributed by atoms with van der Waals surface area (Å²) in [6, 6.07) is 10.1. The lowest BCUT2D eigenvalue weighted by Gasteiger charge is -2.13. The van der Waals surface area contributed by atoms with Crippen LogP contribution in [0.25, 0.3) is 0 Å². The van der Waals surface area contributed by atoms with Crippen LogP contribution in [0.1, 0.15) is 39.5 Å². The first-order valence-electron chi connectivity index (χ1n) is 9.57. The molecule has 1 atom stereocenters. The van der Waals surface area contributed by atoms with Gasteiger partial charge in [-0.05, 0) is 49.4 Å². The number of benzene rings is 2. The van der Waals surface area contributed by atoms with Gasteiger partial charge in [-0.3, -0.25) is 9.59 Å². The van der Waals surface area contributed by atoms with Crippen molar-refractivity contribution in [2.24, 2.45) is 7.05 Å². The van der Waals surface area contributed by atoms with Crippen LogP contribution in [-0.4, -0.2) is 43.4 Å². The maximum absolute atomic E-state index is 12.4. The quantitative estimate of drug-likeness (QED) is 0.392. The summed E-state index contributed by atoms with van der Waals surface area (Å²) in [4.78, 5) is 35.9. The van der Waals surface area contributed by atoms with E-state index in [0.717, 1.165) is 11.8 Å². The van der Waals surface area contributed by atoms with Gasteiger partial charge in [0, 0.05) is 17.6 Å². The maximum Gasteiger partial charge on any atom is 0.335 e. The van der Waals surface area contributed by atoms with Crippen LogP contribution in [0.4, 0.5) is 5.69 Å². The van der Waals surface area contributed by atoms with Crippen LogP contribution in [0.15, 0.2) is 47.6 Å². The molecule has 3 aromatic rings. The van der Waals surface area contributed by atoms with Crippen molar-refractivity contribution < 1.29 is 19.5 Å². The summed E-state index contributed by atoms with van der Waals surface area (Å²) in [6.45, 7) is 1.77. The molecule has 1 aromatic heterocycles. The molecule has 0 saturated heterocycles. The molecule has 0 aliphatic carbocycles. The largest absolute Gasteiger partial charge is 0.478 e. The Kier molecular flexibility index (Phi) is 7.96. The molecule has 3 N–H and O–H groups in total.